The molecule has 4 heterocycles. The molecule has 1 aliphatic carbocycles. The maximum absolute atomic E-state index is 13.0. The van der Waals surface area contributed by atoms with Gasteiger partial charge in [-0.2, -0.15) is 4.98 Å². The highest BCUT2D eigenvalue weighted by Gasteiger charge is 2.54. The van der Waals surface area contributed by atoms with Crippen LogP contribution in [0.15, 0.2) is 16.8 Å². The van der Waals surface area contributed by atoms with Crippen molar-refractivity contribution >= 4 is 11.9 Å². The molecule has 3 fully saturated rings. The summed E-state index contributed by atoms with van der Waals surface area (Å²) in [5, 5.41) is 4.08. The molecular formula is C26H37FN6O3. The zero-order chi connectivity index (χ0) is 25.4. The van der Waals surface area contributed by atoms with Gasteiger partial charge < -0.3 is 24.8 Å². The smallest absolute Gasteiger partial charge is 0.324 e. The average molecular weight is 501 g/mol. The third-order valence-electron chi connectivity index (χ3n) is 7.94. The topological polar surface area (TPSA) is 111 Å². The molecule has 9 nitrogen and oxygen atoms in total. The number of nitrogens with two attached hydrogens (primary N) is 1. The highest BCUT2D eigenvalue weighted by molar-refractivity contribution is 5.79. The van der Waals surface area contributed by atoms with Gasteiger partial charge in [0.25, 0.3) is 0 Å². The number of anilines is 1. The maximum Gasteiger partial charge on any atom is 0.324 e. The lowest BCUT2D eigenvalue weighted by Gasteiger charge is -2.34. The van der Waals surface area contributed by atoms with E-state index in [0.29, 0.717) is 30.3 Å². The van der Waals surface area contributed by atoms with E-state index in [0.717, 1.165) is 55.7 Å². The molecule has 1 saturated carbocycles. The highest BCUT2D eigenvalue weighted by atomic mass is 19.1. The second kappa shape index (κ2) is 9.95. The molecule has 2 N–H and O–H groups in total. The Morgan fingerprint density at radius 1 is 1.33 bits per heavy atom. The number of nitrogens with zero attached hydrogens (tertiary/aromatic N) is 5. The molecule has 0 radical (unpaired) electrons. The normalized spacial score (nSPS) is 24.8. The van der Waals surface area contributed by atoms with Gasteiger partial charge in [-0.15, -0.1) is 0 Å². The summed E-state index contributed by atoms with van der Waals surface area (Å²) in [7, 11) is 0. The standard InChI is InChI=1S/C26H37FN6O3/c1-16(2)23-30-25(36-31-23)32-7-4-19(5-8-32)21-12-26(21,28)6-9-35-24-17(3)10-18(13-29-24)11-22(34)33-14-20(27)15-33/h10,13,16,19-21H,4-9,11-12,14-15,28H2,1-3H3/t21-,26+/m1/s1. The summed E-state index contributed by atoms with van der Waals surface area (Å²) in [6.07, 6.45) is 5.00. The van der Waals surface area contributed by atoms with Crippen LogP contribution >= 0.6 is 0 Å². The first-order chi connectivity index (χ1) is 17.2. The van der Waals surface area contributed by atoms with E-state index in [1.165, 1.54) is 4.90 Å². The molecule has 2 aromatic rings. The molecule has 3 aliphatic rings. The van der Waals surface area contributed by atoms with Gasteiger partial charge in [-0.05, 0) is 56.1 Å². The van der Waals surface area contributed by atoms with Gasteiger partial charge >= 0.3 is 6.01 Å². The second-order valence-corrected chi connectivity index (χ2v) is 11.1. The number of aromatic nitrogens is 3. The van der Waals surface area contributed by atoms with Gasteiger partial charge in [0, 0.05) is 36.3 Å². The van der Waals surface area contributed by atoms with Crippen molar-refractivity contribution in [1.82, 2.24) is 20.0 Å². The Bertz CT molecular complexity index is 1080. The number of piperidine rings is 1. The van der Waals surface area contributed by atoms with Crippen LogP contribution in [0.3, 0.4) is 0 Å². The fourth-order valence-corrected chi connectivity index (χ4v) is 5.48. The molecule has 2 aliphatic heterocycles. The van der Waals surface area contributed by atoms with Gasteiger partial charge in [-0.1, -0.05) is 19.0 Å². The fraction of sp³-hybridized carbons (Fsp3) is 0.692. The lowest BCUT2D eigenvalue weighted by molar-refractivity contribution is -0.137. The largest absolute Gasteiger partial charge is 0.477 e. The Morgan fingerprint density at radius 3 is 2.72 bits per heavy atom. The quantitative estimate of drug-likeness (QED) is 0.559. The van der Waals surface area contributed by atoms with Crippen molar-refractivity contribution < 1.29 is 18.4 Å². The number of alkyl halides is 1. The first-order valence-electron chi connectivity index (χ1n) is 13.1. The van der Waals surface area contributed by atoms with Crippen LogP contribution in [-0.4, -0.2) is 70.4 Å². The summed E-state index contributed by atoms with van der Waals surface area (Å²) in [4.78, 5) is 24.8. The number of amides is 1. The Balaban J connectivity index is 1.05. The van der Waals surface area contributed by atoms with E-state index in [-0.39, 0.29) is 36.9 Å². The summed E-state index contributed by atoms with van der Waals surface area (Å²) >= 11 is 0. The molecule has 2 aromatic heterocycles. The molecule has 0 bridgehead atoms. The van der Waals surface area contributed by atoms with Gasteiger partial charge in [0.2, 0.25) is 11.8 Å². The van der Waals surface area contributed by atoms with E-state index in [9.17, 15) is 9.18 Å². The third kappa shape index (κ3) is 5.33. The lowest BCUT2D eigenvalue weighted by atomic mass is 9.89. The van der Waals surface area contributed by atoms with Gasteiger partial charge in [-0.25, -0.2) is 9.37 Å². The van der Waals surface area contributed by atoms with Crippen LogP contribution < -0.4 is 15.4 Å². The minimum absolute atomic E-state index is 0.0631. The van der Waals surface area contributed by atoms with Crippen molar-refractivity contribution in [2.75, 3.05) is 37.7 Å². The van der Waals surface area contributed by atoms with E-state index >= 15 is 0 Å². The van der Waals surface area contributed by atoms with Crippen molar-refractivity contribution in [3.8, 4) is 5.88 Å². The number of pyridine rings is 1. The number of carbonyl (C=O) groups is 1. The number of hydrogen-bond acceptors (Lipinski definition) is 8. The monoisotopic (exact) mass is 500 g/mol. The summed E-state index contributed by atoms with van der Waals surface area (Å²) in [6, 6.07) is 2.56. The van der Waals surface area contributed by atoms with Gasteiger partial charge in [0.1, 0.15) is 6.17 Å². The molecule has 1 amide bonds. The third-order valence-corrected chi connectivity index (χ3v) is 7.94. The van der Waals surface area contributed by atoms with Crippen LogP contribution in [0.4, 0.5) is 10.4 Å². The predicted molar refractivity (Wildman–Crippen MR) is 133 cm³/mol. The van der Waals surface area contributed by atoms with E-state index in [1.54, 1.807) is 6.20 Å². The molecule has 0 spiro atoms. The predicted octanol–water partition coefficient (Wildman–Crippen LogP) is 3.02. The number of carbonyl (C=O) groups excluding carboxylic acids is 1. The van der Waals surface area contributed by atoms with E-state index in [4.69, 9.17) is 15.0 Å². The Labute approximate surface area is 211 Å². The van der Waals surface area contributed by atoms with Crippen LogP contribution in [0.5, 0.6) is 5.88 Å². The second-order valence-electron chi connectivity index (χ2n) is 11.1. The van der Waals surface area contributed by atoms with Crippen LogP contribution in [0.2, 0.25) is 0 Å². The molecular weight excluding hydrogens is 463 g/mol. The van der Waals surface area contributed by atoms with Gasteiger partial charge in [0.05, 0.1) is 26.1 Å². The summed E-state index contributed by atoms with van der Waals surface area (Å²) in [6.45, 7) is 8.80. The number of likely N-dealkylation sites (tertiary alicyclic amines) is 1. The van der Waals surface area contributed by atoms with Crippen molar-refractivity contribution in [3.05, 3.63) is 29.2 Å². The molecule has 0 unspecified atom stereocenters. The SMILES string of the molecule is Cc1cc(CC(=O)N2CC(F)C2)cnc1OCC[C@]1(N)C[C@@H]1C1CCN(c2nc(C(C)C)no2)CC1. The van der Waals surface area contributed by atoms with Crippen molar-refractivity contribution in [3.63, 3.8) is 0 Å². The van der Waals surface area contributed by atoms with Gasteiger partial charge in [0.15, 0.2) is 5.82 Å². The van der Waals surface area contributed by atoms with Crippen molar-refractivity contribution in [1.29, 1.82) is 0 Å². The minimum Gasteiger partial charge on any atom is -0.477 e. The highest BCUT2D eigenvalue weighted by Crippen LogP contribution is 2.51. The Hall–Kier alpha value is -2.75. The molecule has 2 atom stereocenters. The molecule has 36 heavy (non-hydrogen) atoms. The Morgan fingerprint density at radius 2 is 2.08 bits per heavy atom. The van der Waals surface area contributed by atoms with Crippen LogP contribution in [0.25, 0.3) is 0 Å². The van der Waals surface area contributed by atoms with Crippen LogP contribution in [-0.2, 0) is 11.2 Å². The van der Waals surface area contributed by atoms with Crippen molar-refractivity contribution in [2.24, 2.45) is 17.6 Å². The Kier molecular flexibility index (Phi) is 6.89. The van der Waals surface area contributed by atoms with E-state index < -0.39 is 6.17 Å². The van der Waals surface area contributed by atoms with Crippen LogP contribution in [0, 0.1) is 18.8 Å². The molecule has 196 valence electrons. The first-order valence-corrected chi connectivity index (χ1v) is 13.1. The molecule has 2 saturated heterocycles. The lowest BCUT2D eigenvalue weighted by Crippen LogP contribution is -2.52. The van der Waals surface area contributed by atoms with E-state index in [1.807, 2.05) is 13.0 Å². The fourth-order valence-electron chi connectivity index (χ4n) is 5.48. The maximum atomic E-state index is 13.0. The van der Waals surface area contributed by atoms with Crippen molar-refractivity contribution in [2.45, 2.75) is 70.5 Å². The summed E-state index contributed by atoms with van der Waals surface area (Å²) < 4.78 is 24.4. The summed E-state index contributed by atoms with van der Waals surface area (Å²) in [5.74, 6) is 2.65. The average Bonchev–Trinajstić information content (AvgIpc) is 3.25. The van der Waals surface area contributed by atoms with E-state index in [2.05, 4.69) is 33.9 Å². The molecule has 0 aromatic carbocycles. The molecule has 5 rings (SSSR count). The zero-order valence-corrected chi connectivity index (χ0v) is 21.5. The summed E-state index contributed by atoms with van der Waals surface area (Å²) in [5.41, 5.74) is 8.25. The first kappa shape index (κ1) is 24.9. The number of ether oxygens (including phenoxy) is 1. The number of halogens is 1. The minimum atomic E-state index is -0.885. The molecule has 10 heteroatoms. The number of hydrogen-bond donors (Lipinski definition) is 1. The number of aryl methyl sites for hydroxylation is 1. The zero-order valence-electron chi connectivity index (χ0n) is 21.5. The van der Waals surface area contributed by atoms with Gasteiger partial charge in [-0.3, -0.25) is 4.79 Å². The number of rotatable bonds is 9. The van der Waals surface area contributed by atoms with Crippen LogP contribution in [0.1, 0.15) is 62.4 Å².